The lowest BCUT2D eigenvalue weighted by Crippen LogP contribution is -2.16. The third kappa shape index (κ3) is 3.28. The van der Waals surface area contributed by atoms with E-state index in [0.717, 1.165) is 0 Å². The Kier molecular flexibility index (Phi) is 4.24. The molecule has 0 radical (unpaired) electrons. The molecule has 0 atom stereocenters. The number of carbonyl (C=O) groups is 1. The summed E-state index contributed by atoms with van der Waals surface area (Å²) < 4.78 is 10.7. The minimum absolute atomic E-state index is 0.00531. The van der Waals surface area contributed by atoms with Crippen LogP contribution in [0.15, 0.2) is 12.1 Å². The Morgan fingerprint density at radius 2 is 2.00 bits per heavy atom. The van der Waals surface area contributed by atoms with Crippen LogP contribution in [0, 0.1) is 10.1 Å². The predicted molar refractivity (Wildman–Crippen MR) is 69.4 cm³/mol. The zero-order valence-electron chi connectivity index (χ0n) is 10.6. The van der Waals surface area contributed by atoms with Crippen LogP contribution in [-0.2, 0) is 4.79 Å². The molecule has 1 aromatic rings. The van der Waals surface area contributed by atoms with Gasteiger partial charge in [0.25, 0.3) is 5.69 Å². The Morgan fingerprint density at radius 1 is 1.35 bits per heavy atom. The average molecular weight is 282 g/mol. The third-order valence-corrected chi connectivity index (χ3v) is 2.74. The first kappa shape index (κ1) is 13.9. The number of carboxylic acids is 1. The first-order valence-corrected chi connectivity index (χ1v) is 6.11. The second-order valence-corrected chi connectivity index (χ2v) is 4.19. The number of anilines is 1. The fourth-order valence-corrected chi connectivity index (χ4v) is 1.83. The van der Waals surface area contributed by atoms with E-state index in [1.807, 2.05) is 0 Å². The Balaban J connectivity index is 2.13. The molecule has 20 heavy (non-hydrogen) atoms. The van der Waals surface area contributed by atoms with Crippen LogP contribution in [0.4, 0.5) is 11.4 Å². The maximum Gasteiger partial charge on any atom is 0.303 e. The molecular weight excluding hydrogens is 268 g/mol. The smallest absolute Gasteiger partial charge is 0.303 e. The number of hydrogen-bond acceptors (Lipinski definition) is 6. The van der Waals surface area contributed by atoms with Gasteiger partial charge in [0, 0.05) is 19.0 Å². The molecule has 1 aliphatic rings. The quantitative estimate of drug-likeness (QED) is 0.463. The van der Waals surface area contributed by atoms with E-state index in [0.29, 0.717) is 43.4 Å². The largest absolute Gasteiger partial charge is 0.486 e. The van der Waals surface area contributed by atoms with Gasteiger partial charge in [-0.15, -0.1) is 0 Å². The first-order chi connectivity index (χ1) is 9.58. The van der Waals surface area contributed by atoms with Crippen molar-refractivity contribution < 1.29 is 24.3 Å². The van der Waals surface area contributed by atoms with Gasteiger partial charge in [0.15, 0.2) is 11.5 Å². The molecule has 8 nitrogen and oxygen atoms in total. The summed E-state index contributed by atoms with van der Waals surface area (Å²) in [5.74, 6) is -0.106. The van der Waals surface area contributed by atoms with Gasteiger partial charge in [-0.25, -0.2) is 0 Å². The zero-order chi connectivity index (χ0) is 14.5. The third-order valence-electron chi connectivity index (χ3n) is 2.74. The monoisotopic (exact) mass is 282 g/mol. The van der Waals surface area contributed by atoms with E-state index in [1.165, 1.54) is 12.1 Å². The minimum Gasteiger partial charge on any atom is -0.486 e. The lowest BCUT2D eigenvalue weighted by atomic mass is 10.2. The van der Waals surface area contributed by atoms with Crippen molar-refractivity contribution in [3.8, 4) is 11.5 Å². The highest BCUT2D eigenvalue weighted by Crippen LogP contribution is 2.39. The van der Waals surface area contributed by atoms with E-state index >= 15 is 0 Å². The molecule has 0 saturated carbocycles. The summed E-state index contributed by atoms with van der Waals surface area (Å²) in [5.41, 5.74) is 0.175. The number of nitro groups is 1. The molecule has 2 N–H and O–H groups in total. The Morgan fingerprint density at radius 3 is 2.60 bits per heavy atom. The van der Waals surface area contributed by atoms with Crippen LogP contribution in [0.25, 0.3) is 0 Å². The van der Waals surface area contributed by atoms with Crippen molar-refractivity contribution in [1.29, 1.82) is 0 Å². The molecule has 0 aliphatic carbocycles. The summed E-state index contributed by atoms with van der Waals surface area (Å²) in [7, 11) is 0. The first-order valence-electron chi connectivity index (χ1n) is 6.11. The lowest BCUT2D eigenvalue weighted by Gasteiger charge is -2.19. The second-order valence-electron chi connectivity index (χ2n) is 4.19. The van der Waals surface area contributed by atoms with Crippen LogP contribution >= 0.6 is 0 Å². The fraction of sp³-hybridized carbons (Fsp3) is 0.417. The van der Waals surface area contributed by atoms with Crippen molar-refractivity contribution in [3.05, 3.63) is 22.2 Å². The van der Waals surface area contributed by atoms with Crippen LogP contribution < -0.4 is 14.8 Å². The van der Waals surface area contributed by atoms with Gasteiger partial charge >= 0.3 is 5.97 Å². The molecule has 0 saturated heterocycles. The number of nitrogens with zero attached hydrogens (tertiary/aromatic N) is 1. The zero-order valence-corrected chi connectivity index (χ0v) is 10.6. The molecule has 108 valence electrons. The van der Waals surface area contributed by atoms with E-state index in [-0.39, 0.29) is 12.1 Å². The summed E-state index contributed by atoms with van der Waals surface area (Å²) in [6.07, 6.45) is 0.381. The summed E-state index contributed by atoms with van der Waals surface area (Å²) in [5, 5.41) is 22.4. The molecule has 0 fully saturated rings. The number of carboxylic acid groups (broad SMARTS) is 1. The SMILES string of the molecule is O=C(O)CCCNc1cc2c(cc1[N+](=O)[O-])OCCO2. The van der Waals surface area contributed by atoms with Crippen LogP contribution in [0.2, 0.25) is 0 Å². The highest BCUT2D eigenvalue weighted by Gasteiger charge is 2.22. The summed E-state index contributed by atoms with van der Waals surface area (Å²) >= 11 is 0. The molecule has 0 aromatic heterocycles. The molecule has 0 unspecified atom stereocenters. The maximum atomic E-state index is 11.0. The van der Waals surface area contributed by atoms with Gasteiger partial charge in [-0.3, -0.25) is 14.9 Å². The number of fused-ring (bicyclic) bond motifs is 1. The van der Waals surface area contributed by atoms with Gasteiger partial charge in [-0.1, -0.05) is 0 Å². The van der Waals surface area contributed by atoms with Crippen molar-refractivity contribution in [1.82, 2.24) is 0 Å². The molecule has 1 aromatic carbocycles. The summed E-state index contributed by atoms with van der Waals surface area (Å²) in [6.45, 7) is 1.07. The Bertz CT molecular complexity index is 531. The molecule has 0 spiro atoms. The number of ether oxygens (including phenoxy) is 2. The van der Waals surface area contributed by atoms with Crippen LogP contribution in [0.1, 0.15) is 12.8 Å². The fourth-order valence-electron chi connectivity index (χ4n) is 1.83. The van der Waals surface area contributed by atoms with Crippen LogP contribution in [-0.4, -0.2) is 35.8 Å². The normalized spacial score (nSPS) is 12.8. The molecular formula is C12H14N2O6. The number of benzene rings is 1. The van der Waals surface area contributed by atoms with E-state index in [4.69, 9.17) is 14.6 Å². The lowest BCUT2D eigenvalue weighted by molar-refractivity contribution is -0.384. The number of rotatable bonds is 6. The highest BCUT2D eigenvalue weighted by atomic mass is 16.6. The summed E-state index contributed by atoms with van der Waals surface area (Å²) in [6, 6.07) is 2.82. The van der Waals surface area contributed by atoms with Gasteiger partial charge in [-0.2, -0.15) is 0 Å². The van der Waals surface area contributed by atoms with Crippen molar-refractivity contribution >= 4 is 17.3 Å². The highest BCUT2D eigenvalue weighted by molar-refractivity contribution is 5.69. The maximum absolute atomic E-state index is 11.0. The average Bonchev–Trinajstić information content (AvgIpc) is 2.42. The number of nitro benzene ring substituents is 1. The van der Waals surface area contributed by atoms with Crippen molar-refractivity contribution in [3.63, 3.8) is 0 Å². The molecule has 0 amide bonds. The van der Waals surface area contributed by atoms with Crippen molar-refractivity contribution in [2.75, 3.05) is 25.1 Å². The van der Waals surface area contributed by atoms with E-state index in [9.17, 15) is 14.9 Å². The van der Waals surface area contributed by atoms with Gasteiger partial charge in [-0.05, 0) is 6.42 Å². The molecule has 2 rings (SSSR count). The van der Waals surface area contributed by atoms with Gasteiger partial charge in [0.2, 0.25) is 0 Å². The van der Waals surface area contributed by atoms with E-state index < -0.39 is 10.9 Å². The van der Waals surface area contributed by atoms with Crippen molar-refractivity contribution in [2.45, 2.75) is 12.8 Å². The van der Waals surface area contributed by atoms with E-state index in [1.54, 1.807) is 0 Å². The topological polar surface area (TPSA) is 111 Å². The number of nitrogens with one attached hydrogen (secondary N) is 1. The predicted octanol–water partition coefficient (Wildman–Crippen LogP) is 1.64. The van der Waals surface area contributed by atoms with Gasteiger partial charge in [0.05, 0.1) is 11.0 Å². The number of hydrogen-bond donors (Lipinski definition) is 2. The minimum atomic E-state index is -0.900. The molecule has 0 bridgehead atoms. The second kappa shape index (κ2) is 6.09. The van der Waals surface area contributed by atoms with Crippen molar-refractivity contribution in [2.24, 2.45) is 0 Å². The van der Waals surface area contributed by atoms with Crippen LogP contribution in [0.5, 0.6) is 11.5 Å². The summed E-state index contributed by atoms with van der Waals surface area (Å²) in [4.78, 5) is 20.9. The van der Waals surface area contributed by atoms with Crippen LogP contribution in [0.3, 0.4) is 0 Å². The van der Waals surface area contributed by atoms with Gasteiger partial charge < -0.3 is 19.9 Å². The molecule has 1 aliphatic heterocycles. The standard InChI is InChI=1S/C12H14N2O6/c15-12(16)2-1-3-13-8-6-10-11(20-5-4-19-10)7-9(8)14(17)18/h6-7,13H,1-5H2,(H,15,16). The Labute approximate surface area is 114 Å². The van der Waals surface area contributed by atoms with Gasteiger partial charge in [0.1, 0.15) is 18.9 Å². The van der Waals surface area contributed by atoms with E-state index in [2.05, 4.69) is 5.32 Å². The molecule has 1 heterocycles. The molecule has 8 heteroatoms. The Hall–Kier alpha value is -2.51. The number of aliphatic carboxylic acids is 1.